The lowest BCUT2D eigenvalue weighted by atomic mass is 9.75. The first-order valence-corrected chi connectivity index (χ1v) is 23.8. The zero-order chi connectivity index (χ0) is 45.4. The number of nitrogens with one attached hydrogen (secondary N) is 2. The van der Waals surface area contributed by atoms with E-state index in [1.165, 1.54) is 38.5 Å². The minimum Gasteiger partial charge on any atom is -0.497 e. The molecule has 0 saturated heterocycles. The number of fused-ring (bicyclic) bond motifs is 1. The Morgan fingerprint density at radius 1 is 0.578 bits per heavy atom. The molecule has 4 atom stereocenters. The highest BCUT2D eigenvalue weighted by Crippen LogP contribution is 2.54. The second kappa shape index (κ2) is 18.7. The molecule has 5 aromatic carbocycles. The first kappa shape index (κ1) is 46.0. The molecule has 334 valence electrons. The number of carbonyl (C=O) groups excluding carboxylic acids is 1. The Hall–Kier alpha value is -4.59. The third kappa shape index (κ3) is 9.01. The van der Waals surface area contributed by atoms with Crippen LogP contribution in [-0.2, 0) is 10.3 Å². The lowest BCUT2D eigenvalue weighted by molar-refractivity contribution is 0.0300. The highest BCUT2D eigenvalue weighted by atomic mass is 35.5. The molecule has 64 heavy (non-hydrogen) atoms. The van der Waals surface area contributed by atoms with Gasteiger partial charge in [-0.1, -0.05) is 134 Å². The van der Waals surface area contributed by atoms with Gasteiger partial charge in [0.25, 0.3) is 0 Å². The number of halogens is 4. The minimum absolute atomic E-state index is 0.0139. The summed E-state index contributed by atoms with van der Waals surface area (Å²) >= 11 is 27.7. The van der Waals surface area contributed by atoms with Crippen molar-refractivity contribution in [1.29, 1.82) is 0 Å². The molecular weight excluding hydrogens is 882 g/mol. The van der Waals surface area contributed by atoms with Crippen LogP contribution in [0.3, 0.4) is 0 Å². The zero-order valence-electron chi connectivity index (χ0n) is 37.3. The number of hydrogen-bond donors (Lipinski definition) is 2. The molecule has 10 heteroatoms. The van der Waals surface area contributed by atoms with Gasteiger partial charge in [-0.15, -0.1) is 0 Å². The average Bonchev–Trinajstić information content (AvgIpc) is 3.59. The van der Waals surface area contributed by atoms with Crippen LogP contribution in [0.5, 0.6) is 11.5 Å². The predicted molar refractivity (Wildman–Crippen MR) is 266 cm³/mol. The fourth-order valence-corrected chi connectivity index (χ4v) is 10.9. The zero-order valence-corrected chi connectivity index (χ0v) is 40.4. The fraction of sp³-hybridized carbons (Fsp3) is 0.352. The summed E-state index contributed by atoms with van der Waals surface area (Å²) in [4.78, 5) is 14.4. The summed E-state index contributed by atoms with van der Waals surface area (Å²) < 4.78 is 17.8. The topological polar surface area (TPSA) is 68.8 Å². The van der Waals surface area contributed by atoms with Gasteiger partial charge in [0, 0.05) is 28.0 Å². The summed E-state index contributed by atoms with van der Waals surface area (Å²) in [6.07, 6.45) is 13.4. The lowest BCUT2D eigenvalue weighted by Gasteiger charge is -2.41. The first-order valence-electron chi connectivity index (χ1n) is 22.3. The van der Waals surface area contributed by atoms with E-state index in [0.29, 0.717) is 28.9 Å². The molecule has 5 aromatic rings. The van der Waals surface area contributed by atoms with Gasteiger partial charge in [0.05, 0.1) is 39.9 Å². The first-order chi connectivity index (χ1) is 30.7. The number of hydrogen-bond acceptors (Lipinski definition) is 6. The highest BCUT2D eigenvalue weighted by molar-refractivity contribution is 6.53. The molecule has 3 aliphatic rings. The van der Waals surface area contributed by atoms with E-state index in [4.69, 9.17) is 60.6 Å². The molecule has 2 fully saturated rings. The van der Waals surface area contributed by atoms with E-state index in [9.17, 15) is 4.79 Å². The van der Waals surface area contributed by atoms with Crippen molar-refractivity contribution in [3.05, 3.63) is 163 Å². The van der Waals surface area contributed by atoms with Gasteiger partial charge in [-0.2, -0.15) is 0 Å². The van der Waals surface area contributed by atoms with Gasteiger partial charge in [-0.05, 0) is 145 Å². The fourth-order valence-electron chi connectivity index (χ4n) is 9.84. The molecule has 2 aliphatic carbocycles. The Morgan fingerprint density at radius 3 is 1.33 bits per heavy atom. The number of anilines is 2. The van der Waals surface area contributed by atoms with Crippen molar-refractivity contribution in [3.8, 4) is 11.5 Å². The molecule has 2 saturated carbocycles. The van der Waals surface area contributed by atoms with E-state index in [1.807, 2.05) is 60.7 Å². The number of carbonyl (C=O) groups is 1. The molecule has 1 heterocycles. The van der Waals surface area contributed by atoms with Crippen molar-refractivity contribution in [1.82, 2.24) is 0 Å². The maximum Gasteiger partial charge on any atom is 0.341 e. The third-order valence-corrected chi connectivity index (χ3v) is 16.0. The summed E-state index contributed by atoms with van der Waals surface area (Å²) in [5.41, 5.74) is 5.72. The molecule has 0 bridgehead atoms. The van der Waals surface area contributed by atoms with Crippen LogP contribution < -0.4 is 20.1 Å². The van der Waals surface area contributed by atoms with Gasteiger partial charge < -0.3 is 24.8 Å². The Morgan fingerprint density at radius 2 is 0.953 bits per heavy atom. The van der Waals surface area contributed by atoms with Crippen molar-refractivity contribution < 1.29 is 19.0 Å². The highest BCUT2D eigenvalue weighted by Gasteiger charge is 2.48. The molecule has 1 aliphatic heterocycles. The lowest BCUT2D eigenvalue weighted by Crippen LogP contribution is -2.43. The summed E-state index contributed by atoms with van der Waals surface area (Å²) in [6.45, 7) is 9.31. The summed E-state index contributed by atoms with van der Waals surface area (Å²) in [6, 6.07) is 32.4. The molecule has 8 rings (SSSR count). The van der Waals surface area contributed by atoms with Crippen LogP contribution in [0.2, 0.25) is 20.1 Å². The quantitative estimate of drug-likeness (QED) is 0.0738. The second-order valence-corrected chi connectivity index (χ2v) is 19.8. The van der Waals surface area contributed by atoms with E-state index in [-0.39, 0.29) is 36.7 Å². The molecule has 0 spiro atoms. The maximum atomic E-state index is 14.4. The molecule has 2 N–H and O–H groups in total. The molecular formula is C54H56Cl4N2O4. The monoisotopic (exact) mass is 936 g/mol. The van der Waals surface area contributed by atoms with Crippen molar-refractivity contribution in [2.75, 3.05) is 24.9 Å². The minimum atomic E-state index is -1.66. The number of cyclic esters (lactones) is 1. The van der Waals surface area contributed by atoms with Crippen molar-refractivity contribution in [2.24, 2.45) is 11.8 Å². The largest absolute Gasteiger partial charge is 0.497 e. The Bertz CT molecular complexity index is 2440. The molecule has 4 unspecified atom stereocenters. The second-order valence-electron chi connectivity index (χ2n) is 18.3. The van der Waals surface area contributed by atoms with Gasteiger partial charge in [0.2, 0.25) is 0 Å². The van der Waals surface area contributed by atoms with Crippen LogP contribution in [0.25, 0.3) is 11.1 Å². The number of benzene rings is 5. The molecule has 0 radical (unpaired) electrons. The van der Waals surface area contributed by atoms with Crippen molar-refractivity contribution in [3.63, 3.8) is 0 Å². The smallest absolute Gasteiger partial charge is 0.341 e. The standard InChI is InChI=1S/C54H56Cl4N2O4/c1-33-11-7-9-29-52(33,3)59-39-21-13-35(14-22-39)43(37-17-25-41(62-5)26-18-37)31-54(46-45(51(61)64-54)47(55)49(57)50(58)48(46)56)32-44(38-19-27-42(63-6)28-20-38)36-15-23-40(24-16-36)60-53(4)30-10-8-12-34(53)2/h13-28,31-34,59-60H,7-12,29-30H2,1-6H3. The van der Waals surface area contributed by atoms with Gasteiger partial charge in [0.1, 0.15) is 11.5 Å². The van der Waals surface area contributed by atoms with Crippen LogP contribution in [0.15, 0.2) is 109 Å². The van der Waals surface area contributed by atoms with Crippen LogP contribution >= 0.6 is 46.4 Å². The van der Waals surface area contributed by atoms with Crippen LogP contribution in [0.4, 0.5) is 11.4 Å². The number of rotatable bonds is 12. The summed E-state index contributed by atoms with van der Waals surface area (Å²) in [5, 5.41) is 7.77. The van der Waals surface area contributed by atoms with E-state index in [0.717, 1.165) is 57.6 Å². The molecule has 0 amide bonds. The van der Waals surface area contributed by atoms with Gasteiger partial charge in [0.15, 0.2) is 5.60 Å². The SMILES string of the molecule is COc1ccc(C(=CC2(C=C(c3ccc(NC4(C)CCCCC4C)cc3)c3ccc(OC)cc3)OC(=O)c3c(Cl)c(Cl)c(Cl)c(Cl)c32)c2ccc(NC3(C)CCCCC3C)cc2)cc1. The Kier molecular flexibility index (Phi) is 13.4. The summed E-state index contributed by atoms with van der Waals surface area (Å²) in [5.74, 6) is 1.79. The van der Waals surface area contributed by atoms with Gasteiger partial charge >= 0.3 is 5.97 Å². The normalized spacial score (nSPS) is 24.8. The maximum absolute atomic E-state index is 14.4. The Labute approximate surface area is 398 Å². The number of esters is 1. The predicted octanol–water partition coefficient (Wildman–Crippen LogP) is 15.7. The van der Waals surface area contributed by atoms with E-state index < -0.39 is 11.6 Å². The average molecular weight is 939 g/mol. The Balaban J connectivity index is 1.35. The van der Waals surface area contributed by atoms with Crippen LogP contribution in [0.1, 0.15) is 117 Å². The van der Waals surface area contributed by atoms with E-state index >= 15 is 0 Å². The number of methoxy groups -OCH3 is 2. The third-order valence-electron chi connectivity index (χ3n) is 14.2. The van der Waals surface area contributed by atoms with Crippen molar-refractivity contribution in [2.45, 2.75) is 95.7 Å². The van der Waals surface area contributed by atoms with Crippen molar-refractivity contribution >= 4 is 74.9 Å². The summed E-state index contributed by atoms with van der Waals surface area (Å²) in [7, 11) is 3.28. The van der Waals surface area contributed by atoms with Crippen LogP contribution in [0, 0.1) is 11.8 Å². The molecule has 6 nitrogen and oxygen atoms in total. The van der Waals surface area contributed by atoms with Gasteiger partial charge in [-0.3, -0.25) is 0 Å². The number of ether oxygens (including phenoxy) is 3. The molecule has 0 aromatic heterocycles. The van der Waals surface area contributed by atoms with Crippen LogP contribution in [-0.4, -0.2) is 31.3 Å². The van der Waals surface area contributed by atoms with E-state index in [1.54, 1.807) is 14.2 Å². The van der Waals surface area contributed by atoms with E-state index in [2.05, 4.69) is 86.9 Å². The van der Waals surface area contributed by atoms with Gasteiger partial charge in [-0.25, -0.2) is 4.79 Å².